The van der Waals surface area contributed by atoms with E-state index in [2.05, 4.69) is 43.2 Å². The van der Waals surface area contributed by atoms with Crippen LogP contribution in [0.5, 0.6) is 0 Å². The molecule has 0 aliphatic carbocycles. The third-order valence-electron chi connectivity index (χ3n) is 2.79. The summed E-state index contributed by atoms with van der Waals surface area (Å²) in [5.74, 6) is 4.28. The minimum Gasteiger partial charge on any atom is -0.339 e. The second-order valence-corrected chi connectivity index (χ2v) is 6.31. The van der Waals surface area contributed by atoms with Gasteiger partial charge in [-0.25, -0.2) is 0 Å². The summed E-state index contributed by atoms with van der Waals surface area (Å²) in [6, 6.07) is 0.441. The van der Waals surface area contributed by atoms with E-state index in [1.54, 1.807) is 0 Å². The zero-order valence-electron chi connectivity index (χ0n) is 12.6. The van der Waals surface area contributed by atoms with Gasteiger partial charge < -0.3 is 9.84 Å². The van der Waals surface area contributed by atoms with Gasteiger partial charge in [-0.1, -0.05) is 32.9 Å². The fraction of sp³-hybridized carbons (Fsp3) is 0.857. The highest BCUT2D eigenvalue weighted by Crippen LogP contribution is 2.14. The molecule has 0 amide bonds. The lowest BCUT2D eigenvalue weighted by Crippen LogP contribution is -2.31. The summed E-state index contributed by atoms with van der Waals surface area (Å²) in [5, 5.41) is 7.55. The summed E-state index contributed by atoms with van der Waals surface area (Å²) in [5.41, 5.74) is 0. The van der Waals surface area contributed by atoms with Crippen LogP contribution in [0, 0.1) is 5.92 Å². The van der Waals surface area contributed by atoms with E-state index in [9.17, 15) is 0 Å². The number of hydrogen-bond acceptors (Lipinski definition) is 5. The highest BCUT2D eigenvalue weighted by molar-refractivity contribution is 7.98. The first-order valence-corrected chi connectivity index (χ1v) is 8.43. The molecule has 0 spiro atoms. The average molecular weight is 285 g/mol. The van der Waals surface area contributed by atoms with E-state index in [1.165, 1.54) is 0 Å². The zero-order valence-corrected chi connectivity index (χ0v) is 13.4. The maximum atomic E-state index is 5.32. The second kappa shape index (κ2) is 9.37. The molecule has 0 aliphatic heterocycles. The molecule has 1 atom stereocenters. The van der Waals surface area contributed by atoms with Gasteiger partial charge in [-0.05, 0) is 31.1 Å². The van der Waals surface area contributed by atoms with Crippen molar-refractivity contribution in [3.63, 3.8) is 0 Å². The molecule has 1 unspecified atom stereocenters. The molecule has 1 N–H and O–H groups in total. The van der Waals surface area contributed by atoms with Crippen molar-refractivity contribution in [1.82, 2.24) is 15.5 Å². The van der Waals surface area contributed by atoms with Crippen LogP contribution in [0.2, 0.25) is 0 Å². The normalized spacial score (nSPS) is 13.1. The highest BCUT2D eigenvalue weighted by Gasteiger charge is 2.12. The van der Waals surface area contributed by atoms with Crippen LogP contribution >= 0.6 is 11.8 Å². The fourth-order valence-electron chi connectivity index (χ4n) is 1.74. The molecular formula is C14H27N3OS. The molecule has 0 bridgehead atoms. The number of hydrogen-bond donors (Lipinski definition) is 1. The molecule has 0 aromatic carbocycles. The molecule has 1 aromatic heterocycles. The predicted octanol–water partition coefficient (Wildman–Crippen LogP) is 3.28. The van der Waals surface area contributed by atoms with Crippen LogP contribution in [0.25, 0.3) is 0 Å². The van der Waals surface area contributed by atoms with Crippen LogP contribution in [-0.4, -0.2) is 28.5 Å². The molecular weight excluding hydrogens is 258 g/mol. The van der Waals surface area contributed by atoms with Gasteiger partial charge in [0.2, 0.25) is 5.89 Å². The number of thioether (sulfide) groups is 1. The van der Waals surface area contributed by atoms with Gasteiger partial charge in [0.15, 0.2) is 5.82 Å². The maximum Gasteiger partial charge on any atom is 0.228 e. The molecule has 5 heteroatoms. The van der Waals surface area contributed by atoms with Crippen LogP contribution in [0.4, 0.5) is 0 Å². The number of nitrogens with zero attached hydrogens (tertiary/aromatic N) is 2. The predicted molar refractivity (Wildman–Crippen MR) is 81.4 cm³/mol. The standard InChI is InChI=1S/C14H27N3OS/c1-5-7-15-12(6-2)8-14-16-13(17-18-14)10-19-9-11(3)4/h11-12,15H,5-10H2,1-4H3. The van der Waals surface area contributed by atoms with E-state index in [1.807, 2.05) is 11.8 Å². The first kappa shape index (κ1) is 16.5. The minimum atomic E-state index is 0.441. The fourth-order valence-corrected chi connectivity index (χ4v) is 2.63. The summed E-state index contributed by atoms with van der Waals surface area (Å²) in [6.07, 6.45) is 3.07. The Morgan fingerprint density at radius 2 is 2.11 bits per heavy atom. The molecule has 1 rings (SSSR count). The third kappa shape index (κ3) is 6.97. The van der Waals surface area contributed by atoms with Crippen molar-refractivity contribution in [3.05, 3.63) is 11.7 Å². The summed E-state index contributed by atoms with van der Waals surface area (Å²) in [4.78, 5) is 4.46. The summed E-state index contributed by atoms with van der Waals surface area (Å²) in [6.45, 7) is 9.85. The Morgan fingerprint density at radius 1 is 1.32 bits per heavy atom. The van der Waals surface area contributed by atoms with E-state index in [0.717, 1.165) is 49.0 Å². The Labute approximate surface area is 121 Å². The molecule has 0 saturated heterocycles. The van der Waals surface area contributed by atoms with E-state index in [4.69, 9.17) is 4.52 Å². The topological polar surface area (TPSA) is 51.0 Å². The Balaban J connectivity index is 2.36. The minimum absolute atomic E-state index is 0.441. The molecule has 4 nitrogen and oxygen atoms in total. The molecule has 0 fully saturated rings. The first-order chi connectivity index (χ1) is 9.15. The Morgan fingerprint density at radius 3 is 2.74 bits per heavy atom. The number of aromatic nitrogens is 2. The van der Waals surface area contributed by atoms with E-state index in [0.29, 0.717) is 12.0 Å². The Kier molecular flexibility index (Phi) is 8.14. The van der Waals surface area contributed by atoms with Gasteiger partial charge in [-0.2, -0.15) is 16.7 Å². The maximum absolute atomic E-state index is 5.32. The van der Waals surface area contributed by atoms with Crippen LogP contribution in [0.15, 0.2) is 4.52 Å². The summed E-state index contributed by atoms with van der Waals surface area (Å²) < 4.78 is 5.32. The quantitative estimate of drug-likeness (QED) is 0.715. The van der Waals surface area contributed by atoms with Crippen LogP contribution < -0.4 is 5.32 Å². The largest absolute Gasteiger partial charge is 0.339 e. The van der Waals surface area contributed by atoms with Crippen molar-refractivity contribution in [3.8, 4) is 0 Å². The summed E-state index contributed by atoms with van der Waals surface area (Å²) in [7, 11) is 0. The molecule has 0 radical (unpaired) electrons. The van der Waals surface area contributed by atoms with Crippen molar-refractivity contribution < 1.29 is 4.52 Å². The average Bonchev–Trinajstić information content (AvgIpc) is 2.81. The van der Waals surface area contributed by atoms with E-state index >= 15 is 0 Å². The van der Waals surface area contributed by atoms with Crippen molar-refractivity contribution in [2.75, 3.05) is 12.3 Å². The van der Waals surface area contributed by atoms with Crippen molar-refractivity contribution >= 4 is 11.8 Å². The molecule has 110 valence electrons. The molecule has 1 heterocycles. The zero-order chi connectivity index (χ0) is 14.1. The van der Waals surface area contributed by atoms with Gasteiger partial charge in [0.05, 0.1) is 5.75 Å². The second-order valence-electron chi connectivity index (χ2n) is 5.28. The van der Waals surface area contributed by atoms with Gasteiger partial charge in [0.25, 0.3) is 0 Å². The van der Waals surface area contributed by atoms with Crippen LogP contribution in [-0.2, 0) is 12.2 Å². The molecule has 1 aromatic rings. The van der Waals surface area contributed by atoms with Crippen molar-refractivity contribution in [1.29, 1.82) is 0 Å². The SMILES string of the molecule is CCCNC(CC)Cc1nc(CSCC(C)C)no1. The van der Waals surface area contributed by atoms with Gasteiger partial charge in [0.1, 0.15) is 0 Å². The van der Waals surface area contributed by atoms with Gasteiger partial charge in [-0.15, -0.1) is 0 Å². The van der Waals surface area contributed by atoms with Crippen molar-refractivity contribution in [2.45, 2.75) is 58.8 Å². The first-order valence-electron chi connectivity index (χ1n) is 7.28. The van der Waals surface area contributed by atoms with E-state index in [-0.39, 0.29) is 0 Å². The third-order valence-corrected chi connectivity index (χ3v) is 4.15. The smallest absolute Gasteiger partial charge is 0.228 e. The summed E-state index contributed by atoms with van der Waals surface area (Å²) >= 11 is 1.87. The van der Waals surface area contributed by atoms with E-state index < -0.39 is 0 Å². The van der Waals surface area contributed by atoms with Gasteiger partial charge >= 0.3 is 0 Å². The lowest BCUT2D eigenvalue weighted by molar-refractivity contribution is 0.351. The number of nitrogens with one attached hydrogen (secondary N) is 1. The van der Waals surface area contributed by atoms with Crippen molar-refractivity contribution in [2.24, 2.45) is 5.92 Å². The molecule has 0 saturated carbocycles. The molecule has 19 heavy (non-hydrogen) atoms. The van der Waals surface area contributed by atoms with Gasteiger partial charge in [0, 0.05) is 12.5 Å². The monoisotopic (exact) mass is 285 g/mol. The van der Waals surface area contributed by atoms with Crippen LogP contribution in [0.3, 0.4) is 0 Å². The van der Waals surface area contributed by atoms with Crippen LogP contribution in [0.1, 0.15) is 52.3 Å². The highest BCUT2D eigenvalue weighted by atomic mass is 32.2. The lowest BCUT2D eigenvalue weighted by atomic mass is 10.1. The molecule has 0 aliphatic rings. The number of rotatable bonds is 10. The Hall–Kier alpha value is -0.550. The Bertz CT molecular complexity index is 341. The van der Waals surface area contributed by atoms with Gasteiger partial charge in [-0.3, -0.25) is 0 Å². The lowest BCUT2D eigenvalue weighted by Gasteiger charge is -2.13.